The Balaban J connectivity index is 2.31. The molecule has 6 heteroatoms. The number of amides is 1. The van der Waals surface area contributed by atoms with E-state index in [2.05, 4.69) is 26.9 Å². The van der Waals surface area contributed by atoms with Crippen molar-refractivity contribution in [1.82, 2.24) is 9.80 Å². The van der Waals surface area contributed by atoms with Gasteiger partial charge in [0.2, 0.25) is 5.91 Å². The Morgan fingerprint density at radius 2 is 2.12 bits per heavy atom. The number of halogens is 1. The van der Waals surface area contributed by atoms with Crippen molar-refractivity contribution >= 4 is 21.8 Å². The van der Waals surface area contributed by atoms with Crippen LogP contribution in [0.15, 0.2) is 0 Å². The molecule has 1 rings (SSSR count). The standard InChI is InChI=1S/C11H18BrN3O2/c12-10-11(16)15(3-1-2-13)5-4-14-6-8-17-9-7-14/h1,3-10H2. The van der Waals surface area contributed by atoms with Crippen LogP contribution in [-0.4, -0.2) is 67.0 Å². The number of nitrogens with zero attached hydrogens (tertiary/aromatic N) is 3. The van der Waals surface area contributed by atoms with Crippen molar-refractivity contribution in [2.45, 2.75) is 6.42 Å². The lowest BCUT2D eigenvalue weighted by atomic mass is 10.3. The molecule has 0 aliphatic carbocycles. The number of ether oxygens (including phenoxy) is 1. The lowest BCUT2D eigenvalue weighted by Crippen LogP contribution is -2.43. The van der Waals surface area contributed by atoms with Gasteiger partial charge in [0, 0.05) is 32.7 Å². The molecular weight excluding hydrogens is 286 g/mol. The van der Waals surface area contributed by atoms with Crippen molar-refractivity contribution in [3.8, 4) is 6.07 Å². The number of hydrogen-bond donors (Lipinski definition) is 0. The summed E-state index contributed by atoms with van der Waals surface area (Å²) in [4.78, 5) is 15.6. The molecule has 1 fully saturated rings. The van der Waals surface area contributed by atoms with Crippen LogP contribution in [0, 0.1) is 11.3 Å². The van der Waals surface area contributed by atoms with Gasteiger partial charge in [0.25, 0.3) is 0 Å². The molecule has 0 saturated carbocycles. The molecule has 0 atom stereocenters. The number of morpholine rings is 1. The summed E-state index contributed by atoms with van der Waals surface area (Å²) in [6, 6.07) is 2.07. The van der Waals surface area contributed by atoms with Crippen LogP contribution in [0.3, 0.4) is 0 Å². The van der Waals surface area contributed by atoms with E-state index in [1.54, 1.807) is 4.90 Å². The van der Waals surface area contributed by atoms with Gasteiger partial charge in [-0.15, -0.1) is 0 Å². The largest absolute Gasteiger partial charge is 0.379 e. The smallest absolute Gasteiger partial charge is 0.233 e. The number of rotatable bonds is 6. The highest BCUT2D eigenvalue weighted by Gasteiger charge is 2.15. The van der Waals surface area contributed by atoms with Crippen LogP contribution in [0.5, 0.6) is 0 Å². The maximum absolute atomic E-state index is 11.6. The third-order valence-electron chi connectivity index (χ3n) is 2.75. The van der Waals surface area contributed by atoms with Crippen LogP contribution in [0.2, 0.25) is 0 Å². The fourth-order valence-electron chi connectivity index (χ4n) is 1.72. The molecule has 1 aliphatic rings. The summed E-state index contributed by atoms with van der Waals surface area (Å²) in [5.41, 5.74) is 0. The summed E-state index contributed by atoms with van der Waals surface area (Å²) in [7, 11) is 0. The van der Waals surface area contributed by atoms with Gasteiger partial charge in [0.05, 0.1) is 31.0 Å². The number of alkyl halides is 1. The summed E-state index contributed by atoms with van der Waals surface area (Å²) >= 11 is 3.17. The third-order valence-corrected chi connectivity index (χ3v) is 3.23. The topological polar surface area (TPSA) is 56.6 Å². The van der Waals surface area contributed by atoms with Crippen LogP contribution in [-0.2, 0) is 9.53 Å². The monoisotopic (exact) mass is 303 g/mol. The van der Waals surface area contributed by atoms with Gasteiger partial charge in [-0.1, -0.05) is 15.9 Å². The second-order valence-electron chi connectivity index (χ2n) is 3.88. The van der Waals surface area contributed by atoms with Crippen LogP contribution in [0.4, 0.5) is 0 Å². The minimum Gasteiger partial charge on any atom is -0.379 e. The predicted molar refractivity (Wildman–Crippen MR) is 67.9 cm³/mol. The first-order valence-corrected chi connectivity index (χ1v) is 6.91. The fraction of sp³-hybridized carbons (Fsp3) is 0.818. The Bertz CT molecular complexity index is 274. The lowest BCUT2D eigenvalue weighted by molar-refractivity contribution is -0.128. The Kier molecular flexibility index (Phi) is 7.17. The third kappa shape index (κ3) is 5.48. The van der Waals surface area contributed by atoms with Crippen molar-refractivity contribution < 1.29 is 9.53 Å². The van der Waals surface area contributed by atoms with Crippen molar-refractivity contribution in [2.75, 3.05) is 51.3 Å². The van der Waals surface area contributed by atoms with Gasteiger partial charge in [-0.05, 0) is 0 Å². The highest BCUT2D eigenvalue weighted by Crippen LogP contribution is 2.00. The number of carbonyl (C=O) groups excluding carboxylic acids is 1. The maximum atomic E-state index is 11.6. The van der Waals surface area contributed by atoms with E-state index in [4.69, 9.17) is 10.00 Å². The molecule has 0 aromatic carbocycles. The van der Waals surface area contributed by atoms with E-state index in [-0.39, 0.29) is 5.91 Å². The number of nitriles is 1. The Morgan fingerprint density at radius 3 is 2.71 bits per heavy atom. The molecule has 96 valence electrons. The van der Waals surface area contributed by atoms with E-state index in [9.17, 15) is 4.79 Å². The molecule has 5 nitrogen and oxygen atoms in total. The van der Waals surface area contributed by atoms with E-state index >= 15 is 0 Å². The quantitative estimate of drug-likeness (QED) is 0.669. The molecule has 1 saturated heterocycles. The number of hydrogen-bond acceptors (Lipinski definition) is 4. The molecule has 1 aliphatic heterocycles. The lowest BCUT2D eigenvalue weighted by Gasteiger charge is -2.29. The first kappa shape index (κ1) is 14.4. The first-order chi connectivity index (χ1) is 8.27. The molecule has 0 aromatic rings. The maximum Gasteiger partial charge on any atom is 0.233 e. The molecule has 17 heavy (non-hydrogen) atoms. The zero-order valence-electron chi connectivity index (χ0n) is 9.90. The summed E-state index contributed by atoms with van der Waals surface area (Å²) < 4.78 is 5.27. The molecule has 0 radical (unpaired) electrons. The predicted octanol–water partition coefficient (Wildman–Crippen LogP) is 0.456. The van der Waals surface area contributed by atoms with Gasteiger partial charge in [-0.2, -0.15) is 5.26 Å². The second kappa shape index (κ2) is 8.45. The fourth-order valence-corrected chi connectivity index (χ4v) is 2.07. The average molecular weight is 304 g/mol. The van der Waals surface area contributed by atoms with Gasteiger partial charge >= 0.3 is 0 Å². The van der Waals surface area contributed by atoms with Crippen molar-refractivity contribution in [2.24, 2.45) is 0 Å². The molecule has 0 bridgehead atoms. The summed E-state index contributed by atoms with van der Waals surface area (Å²) in [6.07, 6.45) is 0.391. The van der Waals surface area contributed by atoms with E-state index in [0.29, 0.717) is 24.8 Å². The Labute approximate surface area is 110 Å². The summed E-state index contributed by atoms with van der Waals surface area (Å²) in [5.74, 6) is 0.0495. The van der Waals surface area contributed by atoms with Crippen molar-refractivity contribution in [3.63, 3.8) is 0 Å². The molecule has 0 N–H and O–H groups in total. The van der Waals surface area contributed by atoms with E-state index in [0.717, 1.165) is 32.8 Å². The van der Waals surface area contributed by atoms with Crippen LogP contribution in [0.1, 0.15) is 6.42 Å². The zero-order chi connectivity index (χ0) is 12.5. The van der Waals surface area contributed by atoms with Crippen LogP contribution in [0.25, 0.3) is 0 Å². The van der Waals surface area contributed by atoms with E-state index in [1.807, 2.05) is 0 Å². The average Bonchev–Trinajstić information content (AvgIpc) is 2.39. The molecule has 0 spiro atoms. The summed E-state index contributed by atoms with van der Waals surface area (Å²) in [5, 5.41) is 8.88. The molecule has 1 heterocycles. The van der Waals surface area contributed by atoms with Gasteiger partial charge in [-0.3, -0.25) is 9.69 Å². The first-order valence-electron chi connectivity index (χ1n) is 5.78. The van der Waals surface area contributed by atoms with Crippen molar-refractivity contribution in [1.29, 1.82) is 5.26 Å². The van der Waals surface area contributed by atoms with Gasteiger partial charge in [0.1, 0.15) is 0 Å². The second-order valence-corrected chi connectivity index (χ2v) is 4.44. The Morgan fingerprint density at radius 1 is 1.41 bits per heavy atom. The van der Waals surface area contributed by atoms with Crippen LogP contribution >= 0.6 is 15.9 Å². The number of carbonyl (C=O) groups is 1. The minimum atomic E-state index is 0.0495. The van der Waals surface area contributed by atoms with E-state index in [1.165, 1.54) is 0 Å². The van der Waals surface area contributed by atoms with Gasteiger partial charge < -0.3 is 9.64 Å². The Hall–Kier alpha value is -0.640. The molecule has 0 aromatic heterocycles. The SMILES string of the molecule is N#CCCN(CCN1CCOCC1)C(=O)CBr. The summed E-state index contributed by atoms with van der Waals surface area (Å²) in [6.45, 7) is 5.45. The van der Waals surface area contributed by atoms with Gasteiger partial charge in [0.15, 0.2) is 0 Å². The molecular formula is C11H18BrN3O2. The van der Waals surface area contributed by atoms with Crippen LogP contribution < -0.4 is 0 Å². The minimum absolute atomic E-state index is 0.0495. The molecule has 0 unspecified atom stereocenters. The van der Waals surface area contributed by atoms with Crippen molar-refractivity contribution in [3.05, 3.63) is 0 Å². The van der Waals surface area contributed by atoms with E-state index < -0.39 is 0 Å². The zero-order valence-corrected chi connectivity index (χ0v) is 11.5. The van der Waals surface area contributed by atoms with Gasteiger partial charge in [-0.25, -0.2) is 0 Å². The normalized spacial score (nSPS) is 16.5. The molecule has 1 amide bonds. The highest BCUT2D eigenvalue weighted by atomic mass is 79.9. The highest BCUT2D eigenvalue weighted by molar-refractivity contribution is 9.09.